The first-order valence-corrected chi connectivity index (χ1v) is 15.6. The van der Waals surface area contributed by atoms with Gasteiger partial charge in [-0.15, -0.1) is 5.11 Å². The lowest BCUT2D eigenvalue weighted by Gasteiger charge is -2.30. The Balaban J connectivity index is 2.48. The molecule has 2 rings (SSSR count). The zero-order valence-electron chi connectivity index (χ0n) is 24.4. The van der Waals surface area contributed by atoms with Crippen LogP contribution in [0, 0.1) is 30.1 Å². The first-order chi connectivity index (χ1) is 19.0. The predicted molar refractivity (Wildman–Crippen MR) is 158 cm³/mol. The van der Waals surface area contributed by atoms with Crippen molar-refractivity contribution in [3.63, 3.8) is 0 Å². The Morgan fingerprint density at radius 1 is 1.05 bits per heavy atom. The van der Waals surface area contributed by atoms with Crippen LogP contribution in [0.25, 0.3) is 0 Å². The number of sulfonamides is 1. The van der Waals surface area contributed by atoms with Crippen LogP contribution in [0.15, 0.2) is 44.2 Å². The van der Waals surface area contributed by atoms with Gasteiger partial charge in [0, 0.05) is 18.7 Å². The third kappa shape index (κ3) is 8.15. The van der Waals surface area contributed by atoms with E-state index < -0.39 is 21.5 Å². The van der Waals surface area contributed by atoms with Gasteiger partial charge in [0.05, 0.1) is 10.6 Å². The van der Waals surface area contributed by atoms with Gasteiger partial charge in [-0.3, -0.25) is 4.79 Å². The highest BCUT2D eigenvalue weighted by Crippen LogP contribution is 2.29. The molecule has 11 heteroatoms. The van der Waals surface area contributed by atoms with Crippen LogP contribution in [0.5, 0.6) is 5.88 Å². The molecule has 3 N–H and O–H groups in total. The number of rotatable bonds is 16. The van der Waals surface area contributed by atoms with E-state index in [0.29, 0.717) is 17.8 Å². The largest absolute Gasteiger partial charge is 0.492 e. The second-order valence-corrected chi connectivity index (χ2v) is 12.2. The molecule has 0 aliphatic heterocycles. The molecule has 0 aliphatic rings. The molecule has 1 aromatic carbocycles. The van der Waals surface area contributed by atoms with Crippen LogP contribution in [-0.4, -0.2) is 35.6 Å². The summed E-state index contributed by atoms with van der Waals surface area (Å²) < 4.78 is 30.1. The smallest absolute Gasteiger partial charge is 0.299 e. The maximum atomic E-state index is 14.0. The number of benzene rings is 1. The van der Waals surface area contributed by atoms with E-state index in [-0.39, 0.29) is 39.2 Å². The molecule has 1 aromatic heterocycles. The van der Waals surface area contributed by atoms with Crippen molar-refractivity contribution >= 4 is 21.4 Å². The number of nitrogens with two attached hydrogens (primary N) is 1. The summed E-state index contributed by atoms with van der Waals surface area (Å²) in [6, 6.07) is 7.96. The molecule has 0 spiro atoms. The third-order valence-corrected chi connectivity index (χ3v) is 9.27. The highest BCUT2D eigenvalue weighted by Gasteiger charge is 2.29. The maximum absolute atomic E-state index is 14.0. The van der Waals surface area contributed by atoms with Gasteiger partial charge >= 0.3 is 0 Å². The fourth-order valence-corrected chi connectivity index (χ4v) is 6.31. The van der Waals surface area contributed by atoms with Gasteiger partial charge in [0.25, 0.3) is 5.56 Å². The van der Waals surface area contributed by atoms with Crippen molar-refractivity contribution in [2.24, 2.45) is 22.1 Å². The minimum Gasteiger partial charge on any atom is -0.492 e. The van der Waals surface area contributed by atoms with Gasteiger partial charge in [-0.25, -0.2) is 8.42 Å². The Bertz CT molecular complexity index is 1350. The van der Waals surface area contributed by atoms with Crippen LogP contribution in [0.1, 0.15) is 90.2 Å². The quantitative estimate of drug-likeness (QED) is 0.178. The van der Waals surface area contributed by atoms with E-state index >= 15 is 0 Å². The Hall–Kier alpha value is -3.23. The van der Waals surface area contributed by atoms with Gasteiger partial charge in [0.15, 0.2) is 5.69 Å². The zero-order valence-corrected chi connectivity index (χ0v) is 25.2. The lowest BCUT2D eigenvalue weighted by molar-refractivity contribution is 0.270. The fraction of sp³-hybridized carbons (Fsp3) is 0.586. The number of nitrogen functional groups attached to an aromatic ring is 1. The van der Waals surface area contributed by atoms with Gasteiger partial charge in [0.2, 0.25) is 15.9 Å². The van der Waals surface area contributed by atoms with E-state index in [1.54, 1.807) is 28.6 Å². The molecule has 0 bridgehead atoms. The minimum atomic E-state index is -3.84. The van der Waals surface area contributed by atoms with Gasteiger partial charge < -0.3 is 10.9 Å². The van der Waals surface area contributed by atoms with E-state index in [1.807, 2.05) is 0 Å². The van der Waals surface area contributed by atoms with Crippen LogP contribution in [0.2, 0.25) is 0 Å². The predicted octanol–water partition coefficient (Wildman–Crippen LogP) is 6.29. The van der Waals surface area contributed by atoms with Crippen LogP contribution < -0.4 is 11.4 Å². The summed E-state index contributed by atoms with van der Waals surface area (Å²) >= 11 is 0. The van der Waals surface area contributed by atoms with Gasteiger partial charge in [-0.1, -0.05) is 72.3 Å². The number of aromatic hydroxyl groups is 1. The van der Waals surface area contributed by atoms with Crippen molar-refractivity contribution < 1.29 is 13.5 Å². The number of hydrogen-bond donors (Lipinski definition) is 2. The van der Waals surface area contributed by atoms with Crippen molar-refractivity contribution in [3.05, 3.63) is 45.7 Å². The number of nitriles is 1. The van der Waals surface area contributed by atoms with E-state index in [1.165, 1.54) is 13.0 Å². The Labute approximate surface area is 238 Å². The highest BCUT2D eigenvalue weighted by atomic mass is 32.2. The van der Waals surface area contributed by atoms with Gasteiger partial charge in [0.1, 0.15) is 11.6 Å². The third-order valence-electron chi connectivity index (χ3n) is 7.45. The minimum absolute atomic E-state index is 0.107. The summed E-state index contributed by atoms with van der Waals surface area (Å²) in [6.45, 7) is 10.9. The van der Waals surface area contributed by atoms with Crippen LogP contribution in [0.4, 0.5) is 11.4 Å². The van der Waals surface area contributed by atoms with Crippen molar-refractivity contribution in [3.8, 4) is 11.9 Å². The number of unbranched alkanes of at least 4 members (excludes halogenated alkanes) is 2. The SMILES string of the molecule is CCCCC(CC)CN(CC(CC)CCCC)S(=O)(=O)c1cccc(N=Nc2c(C)c(C#N)c(O)n(N)c2=O)c1. The number of azo groups is 1. The van der Waals surface area contributed by atoms with Crippen LogP contribution in [-0.2, 0) is 10.0 Å². The molecular weight excluding hydrogens is 528 g/mol. The number of pyridine rings is 1. The molecule has 0 radical (unpaired) electrons. The van der Waals surface area contributed by atoms with Crippen molar-refractivity contribution in [2.45, 2.75) is 90.9 Å². The first-order valence-electron chi connectivity index (χ1n) is 14.2. The molecule has 0 amide bonds. The molecule has 0 fully saturated rings. The average molecular weight is 573 g/mol. The van der Waals surface area contributed by atoms with E-state index in [2.05, 4.69) is 37.9 Å². The summed E-state index contributed by atoms with van der Waals surface area (Å²) in [7, 11) is -3.84. The van der Waals surface area contributed by atoms with Gasteiger partial charge in [-0.2, -0.15) is 19.4 Å². The molecule has 2 unspecified atom stereocenters. The molecular formula is C29H44N6O4S. The summed E-state index contributed by atoms with van der Waals surface area (Å²) in [4.78, 5) is 12.6. The van der Waals surface area contributed by atoms with Gasteiger partial charge in [-0.05, 0) is 49.8 Å². The summed E-state index contributed by atoms with van der Waals surface area (Å²) in [5.74, 6) is 5.47. The monoisotopic (exact) mass is 572 g/mol. The molecule has 0 aliphatic carbocycles. The van der Waals surface area contributed by atoms with E-state index in [9.17, 15) is 23.6 Å². The average Bonchev–Trinajstić information content (AvgIpc) is 2.95. The Morgan fingerprint density at radius 3 is 2.12 bits per heavy atom. The number of nitrogens with zero attached hydrogens (tertiary/aromatic N) is 5. The number of aromatic nitrogens is 1. The standard InChI is InChI=1S/C29H44N6O4S/c1-6-10-13-22(8-3)19-34(20-23(9-4)14-11-7-2)40(38,39)25-16-12-15-24(17-25)32-33-27-21(5)26(18-30)28(36)35(31)29(27)37/h12,15-17,22-23,36H,6-11,13-14,19-20,31H2,1-5H3. The van der Waals surface area contributed by atoms with Crippen LogP contribution >= 0.6 is 0 Å². The van der Waals surface area contributed by atoms with Crippen molar-refractivity contribution in [2.75, 3.05) is 18.9 Å². The van der Waals surface area contributed by atoms with Crippen LogP contribution in [0.3, 0.4) is 0 Å². The molecule has 0 saturated heterocycles. The molecule has 2 atom stereocenters. The lowest BCUT2D eigenvalue weighted by atomic mass is 9.97. The molecule has 40 heavy (non-hydrogen) atoms. The molecule has 10 nitrogen and oxygen atoms in total. The zero-order chi connectivity index (χ0) is 29.9. The second-order valence-electron chi connectivity index (χ2n) is 10.3. The molecule has 0 saturated carbocycles. The van der Waals surface area contributed by atoms with Crippen molar-refractivity contribution in [1.82, 2.24) is 8.98 Å². The summed E-state index contributed by atoms with van der Waals surface area (Å²) in [5.41, 5.74) is -0.879. The van der Waals surface area contributed by atoms with E-state index in [0.717, 1.165) is 51.4 Å². The maximum Gasteiger partial charge on any atom is 0.299 e. The molecule has 2 aromatic rings. The molecule has 1 heterocycles. The highest BCUT2D eigenvalue weighted by molar-refractivity contribution is 7.89. The van der Waals surface area contributed by atoms with E-state index in [4.69, 9.17) is 5.84 Å². The molecule has 220 valence electrons. The van der Waals surface area contributed by atoms with Crippen molar-refractivity contribution in [1.29, 1.82) is 5.26 Å². The topological polar surface area (TPSA) is 154 Å². The normalized spacial score (nSPS) is 13.5. The second kappa shape index (κ2) is 15.5. The number of hydrogen-bond acceptors (Lipinski definition) is 8. The summed E-state index contributed by atoms with van der Waals surface area (Å²) in [5, 5.41) is 27.4. The lowest BCUT2D eigenvalue weighted by Crippen LogP contribution is -2.39. The fourth-order valence-electron chi connectivity index (χ4n) is 4.67. The Kier molecular flexibility index (Phi) is 12.8. The first kappa shape index (κ1) is 33.0. The Morgan fingerprint density at radius 2 is 1.62 bits per heavy atom. The summed E-state index contributed by atoms with van der Waals surface area (Å²) in [6.07, 6.45) is 8.02.